The SMILES string of the molecule is CNC(=O)c1cc(C(=O)OC(C)(C)C)cc(Cc2ccnc3c2ccn3C(=O)OC(C)(C)C)n1. The van der Waals surface area contributed by atoms with Crippen molar-refractivity contribution in [1.82, 2.24) is 19.9 Å². The Hall–Kier alpha value is -3.75. The number of nitrogens with zero attached hydrogens (tertiary/aromatic N) is 3. The Morgan fingerprint density at radius 2 is 1.68 bits per heavy atom. The number of ether oxygens (including phenoxy) is 2. The summed E-state index contributed by atoms with van der Waals surface area (Å²) in [4.78, 5) is 46.3. The quantitative estimate of drug-likeness (QED) is 0.576. The van der Waals surface area contributed by atoms with E-state index in [-0.39, 0.29) is 11.3 Å². The highest BCUT2D eigenvalue weighted by Gasteiger charge is 2.22. The predicted molar refractivity (Wildman–Crippen MR) is 127 cm³/mol. The molecule has 34 heavy (non-hydrogen) atoms. The Morgan fingerprint density at radius 1 is 1.00 bits per heavy atom. The van der Waals surface area contributed by atoms with Crippen LogP contribution in [0.1, 0.15) is 73.6 Å². The average molecular weight is 467 g/mol. The Balaban J connectivity index is 2.00. The van der Waals surface area contributed by atoms with Gasteiger partial charge in [0.05, 0.1) is 5.56 Å². The second-order valence-corrected chi connectivity index (χ2v) is 9.86. The van der Waals surface area contributed by atoms with Gasteiger partial charge < -0.3 is 14.8 Å². The number of pyridine rings is 2. The first-order chi connectivity index (χ1) is 15.8. The largest absolute Gasteiger partial charge is 0.456 e. The lowest BCUT2D eigenvalue weighted by molar-refractivity contribution is 0.00689. The molecule has 0 atom stereocenters. The molecule has 1 amide bonds. The van der Waals surface area contributed by atoms with Crippen LogP contribution in [0.2, 0.25) is 0 Å². The number of rotatable bonds is 4. The van der Waals surface area contributed by atoms with E-state index in [0.29, 0.717) is 17.8 Å². The number of carbonyl (C=O) groups excluding carboxylic acids is 3. The second kappa shape index (κ2) is 9.24. The van der Waals surface area contributed by atoms with E-state index in [9.17, 15) is 14.4 Å². The van der Waals surface area contributed by atoms with Crippen molar-refractivity contribution in [3.8, 4) is 0 Å². The molecule has 9 nitrogen and oxygen atoms in total. The van der Waals surface area contributed by atoms with Crippen LogP contribution in [-0.4, -0.2) is 50.8 Å². The van der Waals surface area contributed by atoms with Crippen molar-refractivity contribution in [2.75, 3.05) is 7.05 Å². The maximum Gasteiger partial charge on any atom is 0.420 e. The maximum atomic E-state index is 12.7. The zero-order valence-electron chi connectivity index (χ0n) is 20.6. The van der Waals surface area contributed by atoms with Gasteiger partial charge in [-0.2, -0.15) is 0 Å². The van der Waals surface area contributed by atoms with Crippen molar-refractivity contribution in [1.29, 1.82) is 0 Å². The molecule has 3 heterocycles. The minimum atomic E-state index is -0.685. The fourth-order valence-corrected chi connectivity index (χ4v) is 3.28. The summed E-state index contributed by atoms with van der Waals surface area (Å²) in [5.41, 5.74) is 0.779. The number of fused-ring (bicyclic) bond motifs is 1. The van der Waals surface area contributed by atoms with Gasteiger partial charge in [-0.25, -0.2) is 24.1 Å². The van der Waals surface area contributed by atoms with Gasteiger partial charge in [-0.15, -0.1) is 0 Å². The van der Waals surface area contributed by atoms with Crippen molar-refractivity contribution in [3.05, 3.63) is 59.2 Å². The van der Waals surface area contributed by atoms with Crippen LogP contribution in [0.15, 0.2) is 36.7 Å². The van der Waals surface area contributed by atoms with Crippen LogP contribution in [-0.2, 0) is 15.9 Å². The molecule has 0 spiro atoms. The first kappa shape index (κ1) is 24.9. The van der Waals surface area contributed by atoms with Crippen molar-refractivity contribution in [2.24, 2.45) is 0 Å². The van der Waals surface area contributed by atoms with Gasteiger partial charge in [-0.1, -0.05) is 0 Å². The lowest BCUT2D eigenvalue weighted by Crippen LogP contribution is -2.26. The molecule has 180 valence electrons. The maximum absolute atomic E-state index is 12.7. The van der Waals surface area contributed by atoms with Crippen molar-refractivity contribution in [3.63, 3.8) is 0 Å². The van der Waals surface area contributed by atoms with E-state index in [4.69, 9.17) is 9.47 Å². The molecule has 3 aromatic heterocycles. The normalized spacial score (nSPS) is 11.9. The van der Waals surface area contributed by atoms with Crippen LogP contribution in [0.3, 0.4) is 0 Å². The van der Waals surface area contributed by atoms with Crippen molar-refractivity contribution < 1.29 is 23.9 Å². The molecule has 3 aromatic rings. The topological polar surface area (TPSA) is 112 Å². The first-order valence-corrected chi connectivity index (χ1v) is 10.9. The van der Waals surface area contributed by atoms with Gasteiger partial charge in [-0.3, -0.25) is 4.79 Å². The molecule has 0 radical (unpaired) electrons. The fourth-order valence-electron chi connectivity index (χ4n) is 3.28. The number of hydrogen-bond donors (Lipinski definition) is 1. The van der Waals surface area contributed by atoms with E-state index in [2.05, 4.69) is 15.3 Å². The van der Waals surface area contributed by atoms with Crippen LogP contribution in [0.5, 0.6) is 0 Å². The first-order valence-electron chi connectivity index (χ1n) is 10.9. The highest BCUT2D eigenvalue weighted by atomic mass is 16.6. The number of esters is 1. The third-order valence-corrected chi connectivity index (χ3v) is 4.61. The number of amides is 1. The number of carbonyl (C=O) groups is 3. The third-order valence-electron chi connectivity index (χ3n) is 4.61. The molecule has 0 bridgehead atoms. The monoisotopic (exact) mass is 466 g/mol. The summed E-state index contributed by atoms with van der Waals surface area (Å²) in [6, 6.07) is 6.61. The minimum absolute atomic E-state index is 0.109. The summed E-state index contributed by atoms with van der Waals surface area (Å²) in [5, 5.41) is 3.27. The third kappa shape index (κ3) is 5.98. The average Bonchev–Trinajstić information content (AvgIpc) is 3.16. The molecule has 3 rings (SSSR count). The van der Waals surface area contributed by atoms with Crippen LogP contribution in [0.25, 0.3) is 11.0 Å². The summed E-state index contributed by atoms with van der Waals surface area (Å²) in [5.74, 6) is -0.958. The van der Waals surface area contributed by atoms with E-state index in [1.807, 2.05) is 6.07 Å². The predicted octanol–water partition coefficient (Wildman–Crippen LogP) is 4.12. The van der Waals surface area contributed by atoms with Gasteiger partial charge in [-0.05, 0) is 71.4 Å². The summed E-state index contributed by atoms with van der Waals surface area (Å²) in [6.45, 7) is 10.7. The molecule has 0 saturated carbocycles. The van der Waals surface area contributed by atoms with Gasteiger partial charge in [0.2, 0.25) is 0 Å². The molecule has 1 N–H and O–H groups in total. The lowest BCUT2D eigenvalue weighted by Gasteiger charge is -2.20. The molecule has 0 aliphatic rings. The fraction of sp³-hybridized carbons (Fsp3) is 0.400. The number of nitrogens with one attached hydrogen (secondary N) is 1. The van der Waals surface area contributed by atoms with Crippen molar-refractivity contribution in [2.45, 2.75) is 59.2 Å². The molecular formula is C25H30N4O5. The van der Waals surface area contributed by atoms with E-state index < -0.39 is 29.2 Å². The summed E-state index contributed by atoms with van der Waals surface area (Å²) >= 11 is 0. The zero-order valence-corrected chi connectivity index (χ0v) is 20.6. The van der Waals surface area contributed by atoms with Crippen LogP contribution in [0.4, 0.5) is 4.79 Å². The highest BCUT2D eigenvalue weighted by molar-refractivity contribution is 5.96. The molecule has 0 aromatic carbocycles. The van der Waals surface area contributed by atoms with Gasteiger partial charge in [0.25, 0.3) is 5.91 Å². The van der Waals surface area contributed by atoms with Gasteiger partial charge >= 0.3 is 12.1 Å². The number of hydrogen-bond acceptors (Lipinski definition) is 7. The van der Waals surface area contributed by atoms with Gasteiger partial charge in [0.15, 0.2) is 0 Å². The molecule has 0 aliphatic heterocycles. The summed E-state index contributed by atoms with van der Waals surface area (Å²) in [7, 11) is 1.50. The van der Waals surface area contributed by atoms with E-state index in [0.717, 1.165) is 10.9 Å². The summed E-state index contributed by atoms with van der Waals surface area (Å²) in [6.07, 6.45) is 2.98. The Bertz CT molecular complexity index is 1250. The zero-order chi connectivity index (χ0) is 25.3. The van der Waals surface area contributed by atoms with Crippen LogP contribution >= 0.6 is 0 Å². The molecular weight excluding hydrogens is 436 g/mol. The van der Waals surface area contributed by atoms with Crippen LogP contribution in [0, 0.1) is 0 Å². The van der Waals surface area contributed by atoms with Crippen molar-refractivity contribution >= 4 is 29.0 Å². The van der Waals surface area contributed by atoms with Crippen LogP contribution < -0.4 is 5.32 Å². The number of aromatic nitrogens is 3. The highest BCUT2D eigenvalue weighted by Crippen LogP contribution is 2.23. The van der Waals surface area contributed by atoms with Gasteiger partial charge in [0.1, 0.15) is 22.5 Å². The second-order valence-electron chi connectivity index (χ2n) is 9.86. The smallest absolute Gasteiger partial charge is 0.420 e. The lowest BCUT2D eigenvalue weighted by atomic mass is 10.0. The van der Waals surface area contributed by atoms with Gasteiger partial charge in [0, 0.05) is 36.9 Å². The Labute approximate surface area is 198 Å². The van der Waals surface area contributed by atoms with E-state index in [1.165, 1.54) is 17.7 Å². The molecule has 0 saturated heterocycles. The standard InChI is InChI=1S/C25H30N4O5/c1-24(2,3)33-22(31)16-13-17(28-19(14-16)21(30)26-7)12-15-8-10-27-20-18(15)9-11-29(20)23(32)34-25(4,5)6/h8-11,13-14H,12H2,1-7H3,(H,26,30). The minimum Gasteiger partial charge on any atom is -0.456 e. The Morgan fingerprint density at radius 3 is 2.29 bits per heavy atom. The molecule has 0 aliphatic carbocycles. The Kier molecular flexibility index (Phi) is 6.77. The molecule has 0 fully saturated rings. The molecule has 9 heteroatoms. The van der Waals surface area contributed by atoms with E-state index in [1.54, 1.807) is 66.1 Å². The summed E-state index contributed by atoms with van der Waals surface area (Å²) < 4.78 is 12.3. The van der Waals surface area contributed by atoms with E-state index >= 15 is 0 Å². The molecule has 0 unspecified atom stereocenters.